The summed E-state index contributed by atoms with van der Waals surface area (Å²) in [5.41, 5.74) is 2.58. The van der Waals surface area contributed by atoms with Gasteiger partial charge < -0.3 is 4.42 Å². The van der Waals surface area contributed by atoms with Crippen molar-refractivity contribution in [1.82, 2.24) is 14.6 Å². The number of hydrogen-bond acceptors (Lipinski definition) is 5. The van der Waals surface area contributed by atoms with Gasteiger partial charge in [0, 0.05) is 14.5 Å². The quantitative estimate of drug-likeness (QED) is 0.355. The van der Waals surface area contributed by atoms with Crippen molar-refractivity contribution in [3.05, 3.63) is 78.1 Å². The van der Waals surface area contributed by atoms with E-state index in [0.29, 0.717) is 21.1 Å². The molecule has 0 saturated carbocycles. The van der Waals surface area contributed by atoms with Crippen LogP contribution in [0.4, 0.5) is 0 Å². The molecule has 7 heteroatoms. The summed E-state index contributed by atoms with van der Waals surface area (Å²) in [7, 11) is 0. The van der Waals surface area contributed by atoms with Crippen molar-refractivity contribution in [3.63, 3.8) is 0 Å². The Balaban J connectivity index is 1.64. The number of para-hydroxylation sites is 1. The second kappa shape index (κ2) is 6.28. The van der Waals surface area contributed by atoms with E-state index in [9.17, 15) is 4.79 Å². The van der Waals surface area contributed by atoms with Crippen LogP contribution in [0.1, 0.15) is 11.1 Å². The first-order chi connectivity index (χ1) is 13.1. The maximum Gasteiger partial charge on any atom is 0.291 e. The minimum absolute atomic E-state index is 0.166. The Labute approximate surface area is 171 Å². The predicted octanol–water partition coefficient (Wildman–Crippen LogP) is 4.02. The van der Waals surface area contributed by atoms with Crippen LogP contribution in [0.15, 0.2) is 57.7 Å². The minimum atomic E-state index is -0.166. The van der Waals surface area contributed by atoms with Crippen molar-refractivity contribution in [3.8, 4) is 11.6 Å². The third-order valence-electron chi connectivity index (χ3n) is 4.40. The van der Waals surface area contributed by atoms with Crippen LogP contribution in [-0.2, 0) is 0 Å². The van der Waals surface area contributed by atoms with Crippen molar-refractivity contribution in [2.45, 2.75) is 6.92 Å². The number of halogens is 1. The highest BCUT2D eigenvalue weighted by Crippen LogP contribution is 2.31. The Bertz CT molecular complexity index is 1410. The fourth-order valence-electron chi connectivity index (χ4n) is 3.03. The third kappa shape index (κ3) is 2.78. The zero-order valence-electron chi connectivity index (χ0n) is 14.1. The number of furan rings is 1. The number of nitrogens with zero attached hydrogens (tertiary/aromatic N) is 3. The predicted molar refractivity (Wildman–Crippen MR) is 115 cm³/mol. The molecule has 0 aliphatic carbocycles. The Morgan fingerprint density at radius 2 is 1.93 bits per heavy atom. The van der Waals surface area contributed by atoms with Gasteiger partial charge in [-0.3, -0.25) is 4.79 Å². The molecule has 0 radical (unpaired) electrons. The molecule has 27 heavy (non-hydrogen) atoms. The summed E-state index contributed by atoms with van der Waals surface area (Å²) in [5.74, 6) is 1.04. The van der Waals surface area contributed by atoms with E-state index in [2.05, 4.69) is 32.7 Å². The molecule has 0 aliphatic heterocycles. The summed E-state index contributed by atoms with van der Waals surface area (Å²) in [6.07, 6.45) is 1.87. The fourth-order valence-corrected chi connectivity index (χ4v) is 4.30. The number of thiazole rings is 1. The Kier molecular flexibility index (Phi) is 3.87. The number of aryl methyl sites for hydroxylation is 1. The van der Waals surface area contributed by atoms with Crippen molar-refractivity contribution in [2.75, 3.05) is 0 Å². The van der Waals surface area contributed by atoms with Gasteiger partial charge in [-0.15, -0.1) is 5.10 Å². The molecule has 0 fully saturated rings. The van der Waals surface area contributed by atoms with Gasteiger partial charge in [0.25, 0.3) is 5.56 Å². The summed E-state index contributed by atoms with van der Waals surface area (Å²) in [4.78, 5) is 17.8. The van der Waals surface area contributed by atoms with Crippen LogP contribution < -0.4 is 10.1 Å². The number of rotatable bonds is 2. The smallest absolute Gasteiger partial charge is 0.291 e. The molecule has 0 aliphatic rings. The molecule has 0 spiro atoms. The molecule has 132 valence electrons. The van der Waals surface area contributed by atoms with Crippen LogP contribution >= 0.6 is 33.9 Å². The summed E-state index contributed by atoms with van der Waals surface area (Å²) < 4.78 is 9.03. The van der Waals surface area contributed by atoms with Crippen LogP contribution in [0.3, 0.4) is 0 Å². The van der Waals surface area contributed by atoms with Crippen molar-refractivity contribution in [2.24, 2.45) is 0 Å². The first kappa shape index (κ1) is 16.6. The average molecular weight is 485 g/mol. The van der Waals surface area contributed by atoms with Gasteiger partial charge in [0.1, 0.15) is 5.58 Å². The highest BCUT2D eigenvalue weighted by molar-refractivity contribution is 14.1. The second-order valence-electron chi connectivity index (χ2n) is 6.15. The molecule has 0 atom stereocenters. The summed E-state index contributed by atoms with van der Waals surface area (Å²) in [6.45, 7) is 1.98. The first-order valence-corrected chi connectivity index (χ1v) is 10.1. The Morgan fingerprint density at radius 1 is 1.15 bits per heavy atom. The number of fused-ring (bicyclic) bond motifs is 2. The highest BCUT2D eigenvalue weighted by atomic mass is 127. The summed E-state index contributed by atoms with van der Waals surface area (Å²) >= 11 is 3.58. The number of hydrogen-bond donors (Lipinski definition) is 0. The molecular weight excluding hydrogens is 473 g/mol. The molecule has 5 nitrogen and oxygen atoms in total. The van der Waals surface area contributed by atoms with Gasteiger partial charge >= 0.3 is 0 Å². The number of benzene rings is 2. The van der Waals surface area contributed by atoms with Gasteiger partial charge in [-0.1, -0.05) is 41.7 Å². The molecule has 0 N–H and O–H groups in total. The molecule has 0 amide bonds. The van der Waals surface area contributed by atoms with Gasteiger partial charge in [0.05, 0.1) is 4.53 Å². The molecule has 5 rings (SSSR count). The zero-order valence-corrected chi connectivity index (χ0v) is 17.1. The zero-order chi connectivity index (χ0) is 18.5. The van der Waals surface area contributed by atoms with Crippen LogP contribution in [0.5, 0.6) is 0 Å². The van der Waals surface area contributed by atoms with E-state index in [-0.39, 0.29) is 5.56 Å². The maximum atomic E-state index is 12.7. The minimum Gasteiger partial charge on any atom is -0.452 e. The van der Waals surface area contributed by atoms with E-state index in [1.54, 1.807) is 0 Å². The number of aromatic nitrogens is 3. The normalized spacial score (nSPS) is 12.4. The molecular formula is C20H12IN3O2S. The fraction of sp³-hybridized carbons (Fsp3) is 0.0500. The van der Waals surface area contributed by atoms with Crippen molar-refractivity contribution in [1.29, 1.82) is 0 Å². The topological polar surface area (TPSA) is 60.4 Å². The summed E-state index contributed by atoms with van der Waals surface area (Å²) in [6, 6.07) is 15.8. The van der Waals surface area contributed by atoms with Gasteiger partial charge in [0.2, 0.25) is 10.8 Å². The van der Waals surface area contributed by atoms with Gasteiger partial charge in [0.15, 0.2) is 5.76 Å². The lowest BCUT2D eigenvalue weighted by atomic mass is 10.1. The van der Waals surface area contributed by atoms with E-state index < -0.39 is 0 Å². The van der Waals surface area contributed by atoms with Crippen LogP contribution in [0, 0.1) is 10.5 Å². The monoisotopic (exact) mass is 485 g/mol. The van der Waals surface area contributed by atoms with E-state index >= 15 is 0 Å². The van der Waals surface area contributed by atoms with E-state index in [4.69, 9.17) is 4.42 Å². The second-order valence-corrected chi connectivity index (χ2v) is 8.40. The molecule has 2 aromatic carbocycles. The van der Waals surface area contributed by atoms with Gasteiger partial charge in [-0.25, -0.2) is 0 Å². The molecule has 3 heterocycles. The largest absolute Gasteiger partial charge is 0.452 e. The molecule has 0 saturated heterocycles. The van der Waals surface area contributed by atoms with Crippen LogP contribution in [-0.4, -0.2) is 14.6 Å². The van der Waals surface area contributed by atoms with Crippen molar-refractivity contribution < 1.29 is 4.42 Å². The lowest BCUT2D eigenvalue weighted by Crippen LogP contribution is -2.23. The summed E-state index contributed by atoms with van der Waals surface area (Å²) in [5, 5.41) is 5.43. The lowest BCUT2D eigenvalue weighted by molar-refractivity contribution is 0.622. The highest BCUT2D eigenvalue weighted by Gasteiger charge is 2.18. The van der Waals surface area contributed by atoms with E-state index in [0.717, 1.165) is 25.7 Å². The molecule has 5 aromatic rings. The van der Waals surface area contributed by atoms with Crippen molar-refractivity contribution >= 4 is 55.9 Å². The SMILES string of the molecule is Cc1c(-c2nc3s/c(=C\c4ccc(I)cc4)c(=O)n3n2)oc2ccccc12. The van der Waals surface area contributed by atoms with Gasteiger partial charge in [-0.2, -0.15) is 9.50 Å². The van der Waals surface area contributed by atoms with Crippen LogP contribution in [0.2, 0.25) is 0 Å². The van der Waals surface area contributed by atoms with E-state index in [1.807, 2.05) is 61.5 Å². The molecule has 0 unspecified atom stereocenters. The molecule has 0 bridgehead atoms. The Morgan fingerprint density at radius 3 is 2.67 bits per heavy atom. The lowest BCUT2D eigenvalue weighted by Gasteiger charge is -1.91. The first-order valence-electron chi connectivity index (χ1n) is 8.25. The van der Waals surface area contributed by atoms with E-state index in [1.165, 1.54) is 15.9 Å². The average Bonchev–Trinajstić information content (AvgIpc) is 3.31. The maximum absolute atomic E-state index is 12.7. The van der Waals surface area contributed by atoms with Crippen LogP contribution in [0.25, 0.3) is 33.6 Å². The molecule has 3 aromatic heterocycles. The van der Waals surface area contributed by atoms with Gasteiger partial charge in [-0.05, 0) is 59.4 Å². The third-order valence-corrected chi connectivity index (χ3v) is 6.07. The Hall–Kier alpha value is -2.52. The standard InChI is InChI=1S/C20H12IN3O2S/c1-11-14-4-2-3-5-15(14)26-17(11)18-22-20-24(23-18)19(25)16(27-20)10-12-6-8-13(21)9-7-12/h2-10H,1H3/b16-10-.